The van der Waals surface area contributed by atoms with Gasteiger partial charge in [0.05, 0.1) is 31.5 Å². The number of rotatable bonds is 9. The number of benzene rings is 2. The van der Waals surface area contributed by atoms with E-state index in [1.54, 1.807) is 21.3 Å². The van der Waals surface area contributed by atoms with Crippen LogP contribution in [0.15, 0.2) is 48.5 Å². The highest BCUT2D eigenvalue weighted by Gasteiger charge is 2.41. The van der Waals surface area contributed by atoms with E-state index in [2.05, 4.69) is 18.2 Å². The van der Waals surface area contributed by atoms with E-state index in [0.29, 0.717) is 6.54 Å². The molecule has 6 heteroatoms. The number of nitrogens with zero attached hydrogens (tertiary/aromatic N) is 1. The Hall–Kier alpha value is -2.59. The van der Waals surface area contributed by atoms with E-state index in [9.17, 15) is 5.26 Å². The van der Waals surface area contributed by atoms with Crippen LogP contribution in [-0.2, 0) is 9.47 Å². The SMILES string of the molecule is COc1ccc(C(C#N)C2(OC)CCCCC2)cc1.COc1ccc(C(CN)C2(OC)CCCCC2)cc1. The molecule has 2 aliphatic rings. The summed E-state index contributed by atoms with van der Waals surface area (Å²) in [7, 11) is 6.90. The van der Waals surface area contributed by atoms with Crippen molar-refractivity contribution in [1.82, 2.24) is 0 Å². The van der Waals surface area contributed by atoms with Gasteiger partial charge in [0.15, 0.2) is 0 Å². The Bertz CT molecular complexity index is 988. The second-order valence-electron chi connectivity index (χ2n) is 10.6. The van der Waals surface area contributed by atoms with Crippen molar-refractivity contribution in [1.29, 1.82) is 5.26 Å². The van der Waals surface area contributed by atoms with Gasteiger partial charge in [0, 0.05) is 26.7 Å². The van der Waals surface area contributed by atoms with Gasteiger partial charge in [-0.25, -0.2) is 0 Å². The molecule has 2 unspecified atom stereocenters. The molecule has 0 aromatic heterocycles. The smallest absolute Gasteiger partial charge is 0.118 e. The zero-order valence-corrected chi connectivity index (χ0v) is 23.7. The molecule has 4 rings (SSSR count). The molecule has 2 saturated carbocycles. The van der Waals surface area contributed by atoms with Gasteiger partial charge in [-0.3, -0.25) is 0 Å². The predicted octanol–water partition coefficient (Wildman–Crippen LogP) is 6.74. The van der Waals surface area contributed by atoms with Gasteiger partial charge in [0.1, 0.15) is 17.4 Å². The van der Waals surface area contributed by atoms with E-state index in [0.717, 1.165) is 55.6 Å². The monoisotopic (exact) mass is 522 g/mol. The number of hydrogen-bond acceptors (Lipinski definition) is 6. The molecule has 0 amide bonds. The Labute approximate surface area is 229 Å². The zero-order valence-electron chi connectivity index (χ0n) is 23.7. The van der Waals surface area contributed by atoms with Crippen LogP contribution in [0.2, 0.25) is 0 Å². The van der Waals surface area contributed by atoms with E-state index in [1.165, 1.54) is 31.2 Å². The second kappa shape index (κ2) is 14.5. The molecule has 2 fully saturated rings. The molecule has 0 bridgehead atoms. The molecule has 38 heavy (non-hydrogen) atoms. The third-order valence-corrected chi connectivity index (χ3v) is 8.71. The summed E-state index contributed by atoms with van der Waals surface area (Å²) in [6.45, 7) is 0.625. The molecule has 2 aliphatic carbocycles. The predicted molar refractivity (Wildman–Crippen MR) is 152 cm³/mol. The first-order valence-corrected chi connectivity index (χ1v) is 14.0. The van der Waals surface area contributed by atoms with Crippen LogP contribution < -0.4 is 15.2 Å². The van der Waals surface area contributed by atoms with Crippen LogP contribution in [0.3, 0.4) is 0 Å². The Kier molecular flexibility index (Phi) is 11.5. The maximum absolute atomic E-state index is 9.59. The molecule has 2 N–H and O–H groups in total. The van der Waals surface area contributed by atoms with Gasteiger partial charge in [-0.1, -0.05) is 62.8 Å². The Morgan fingerprint density at radius 3 is 1.47 bits per heavy atom. The lowest BCUT2D eigenvalue weighted by atomic mass is 9.72. The molecule has 6 nitrogen and oxygen atoms in total. The molecule has 0 saturated heterocycles. The van der Waals surface area contributed by atoms with Crippen LogP contribution in [-0.4, -0.2) is 46.2 Å². The minimum Gasteiger partial charge on any atom is -0.497 e. The minimum atomic E-state index is -0.318. The molecule has 2 atom stereocenters. The molecular formula is C32H46N2O4. The fourth-order valence-corrected chi connectivity index (χ4v) is 6.39. The Morgan fingerprint density at radius 1 is 0.684 bits per heavy atom. The summed E-state index contributed by atoms with van der Waals surface area (Å²) in [5.41, 5.74) is 7.93. The second-order valence-corrected chi connectivity index (χ2v) is 10.6. The van der Waals surface area contributed by atoms with E-state index in [1.807, 2.05) is 43.5 Å². The Balaban J connectivity index is 0.000000211. The minimum absolute atomic E-state index is 0.0818. The van der Waals surface area contributed by atoms with Gasteiger partial charge in [-0.2, -0.15) is 5.26 Å². The fraction of sp³-hybridized carbons (Fsp3) is 0.594. The van der Waals surface area contributed by atoms with Crippen molar-refractivity contribution in [3.05, 3.63) is 59.7 Å². The molecule has 208 valence electrons. The topological polar surface area (TPSA) is 86.7 Å². The average Bonchev–Trinajstić information content (AvgIpc) is 3.00. The lowest BCUT2D eigenvalue weighted by Gasteiger charge is -2.42. The summed E-state index contributed by atoms with van der Waals surface area (Å²) in [5.74, 6) is 1.76. The highest BCUT2D eigenvalue weighted by Crippen LogP contribution is 2.43. The van der Waals surface area contributed by atoms with Crippen molar-refractivity contribution in [3.8, 4) is 17.6 Å². The fourth-order valence-electron chi connectivity index (χ4n) is 6.39. The summed E-state index contributed by atoms with van der Waals surface area (Å²) in [5, 5.41) is 9.59. The normalized spacial score (nSPS) is 19.7. The van der Waals surface area contributed by atoms with E-state index in [4.69, 9.17) is 24.7 Å². The van der Waals surface area contributed by atoms with Crippen molar-refractivity contribution in [2.75, 3.05) is 35.0 Å². The maximum atomic E-state index is 9.59. The van der Waals surface area contributed by atoms with Gasteiger partial charge in [-0.15, -0.1) is 0 Å². The molecule has 0 radical (unpaired) electrons. The molecule has 2 aromatic carbocycles. The number of hydrogen-bond donors (Lipinski definition) is 1. The Morgan fingerprint density at radius 2 is 1.11 bits per heavy atom. The van der Waals surface area contributed by atoms with E-state index < -0.39 is 0 Å². The van der Waals surface area contributed by atoms with Gasteiger partial charge < -0.3 is 24.7 Å². The van der Waals surface area contributed by atoms with Crippen LogP contribution in [0, 0.1) is 11.3 Å². The van der Waals surface area contributed by atoms with Crippen molar-refractivity contribution in [3.63, 3.8) is 0 Å². The highest BCUT2D eigenvalue weighted by molar-refractivity contribution is 5.35. The lowest BCUT2D eigenvalue weighted by molar-refractivity contribution is -0.0587. The van der Waals surface area contributed by atoms with Crippen LogP contribution in [0.1, 0.15) is 87.2 Å². The van der Waals surface area contributed by atoms with Crippen molar-refractivity contribution < 1.29 is 18.9 Å². The van der Waals surface area contributed by atoms with Gasteiger partial charge in [-0.05, 0) is 61.1 Å². The first-order valence-electron chi connectivity index (χ1n) is 14.0. The highest BCUT2D eigenvalue weighted by atomic mass is 16.5. The van der Waals surface area contributed by atoms with Crippen LogP contribution in [0.5, 0.6) is 11.5 Å². The standard InChI is InChI=1S/C16H25NO2.C16H21NO2/c2*1-18-14-8-6-13(7-9-14)15(12-17)16(19-2)10-4-3-5-11-16/h6-9,15H,3-5,10-12,17H2,1-2H3;6-9,15H,3-5,10-11H2,1-2H3. The van der Waals surface area contributed by atoms with Crippen molar-refractivity contribution >= 4 is 0 Å². The quantitative estimate of drug-likeness (QED) is 0.392. The summed E-state index contributed by atoms with van der Waals surface area (Å²) in [6, 6.07) is 18.5. The average molecular weight is 523 g/mol. The summed E-state index contributed by atoms with van der Waals surface area (Å²) >= 11 is 0. The maximum Gasteiger partial charge on any atom is 0.118 e. The third-order valence-electron chi connectivity index (χ3n) is 8.71. The first-order chi connectivity index (χ1) is 18.5. The third kappa shape index (κ3) is 6.88. The first kappa shape index (κ1) is 30.0. The summed E-state index contributed by atoms with van der Waals surface area (Å²) in [6.07, 6.45) is 11.5. The largest absolute Gasteiger partial charge is 0.497 e. The zero-order chi connectivity index (χ0) is 27.4. The van der Waals surface area contributed by atoms with Crippen molar-refractivity contribution in [2.45, 2.75) is 87.2 Å². The van der Waals surface area contributed by atoms with Crippen LogP contribution in [0.4, 0.5) is 0 Å². The molecule has 0 heterocycles. The molecule has 2 aromatic rings. The number of methoxy groups -OCH3 is 4. The van der Waals surface area contributed by atoms with E-state index >= 15 is 0 Å². The van der Waals surface area contributed by atoms with Gasteiger partial charge >= 0.3 is 0 Å². The van der Waals surface area contributed by atoms with Gasteiger partial charge in [0.2, 0.25) is 0 Å². The van der Waals surface area contributed by atoms with Crippen LogP contribution >= 0.6 is 0 Å². The molecular weight excluding hydrogens is 476 g/mol. The molecule has 0 spiro atoms. The number of nitriles is 1. The van der Waals surface area contributed by atoms with Gasteiger partial charge in [0.25, 0.3) is 0 Å². The number of nitrogens with two attached hydrogens (primary N) is 1. The molecule has 0 aliphatic heterocycles. The summed E-state index contributed by atoms with van der Waals surface area (Å²) < 4.78 is 22.1. The van der Waals surface area contributed by atoms with E-state index in [-0.39, 0.29) is 23.0 Å². The number of ether oxygens (including phenoxy) is 4. The lowest BCUT2D eigenvalue weighted by Crippen LogP contribution is -2.43. The van der Waals surface area contributed by atoms with Crippen LogP contribution in [0.25, 0.3) is 0 Å². The van der Waals surface area contributed by atoms with Crippen molar-refractivity contribution in [2.24, 2.45) is 5.73 Å². The summed E-state index contributed by atoms with van der Waals surface area (Å²) in [4.78, 5) is 0.